The molecule has 0 amide bonds. The fourth-order valence-electron chi connectivity index (χ4n) is 1.63. The molecule has 0 heterocycles. The molecule has 0 saturated heterocycles. The van der Waals surface area contributed by atoms with Gasteiger partial charge in [0.1, 0.15) is 5.82 Å². The monoisotopic (exact) mass is 418 g/mol. The summed E-state index contributed by atoms with van der Waals surface area (Å²) in [4.78, 5) is 12.2. The number of hydrogen-bond acceptors (Lipinski definition) is 1. The largest absolute Gasteiger partial charge is 0.294 e. The van der Waals surface area contributed by atoms with E-state index in [1.54, 1.807) is 12.1 Å². The summed E-state index contributed by atoms with van der Waals surface area (Å²) in [6.45, 7) is 0. The van der Waals surface area contributed by atoms with E-state index in [1.807, 2.05) is 18.2 Å². The van der Waals surface area contributed by atoms with Crippen LogP contribution in [0.2, 0.25) is 0 Å². The lowest BCUT2D eigenvalue weighted by Gasteiger charge is -2.06. The van der Waals surface area contributed by atoms with Crippen LogP contribution < -0.4 is 0 Å². The van der Waals surface area contributed by atoms with E-state index < -0.39 is 0 Å². The Morgan fingerprint density at radius 2 is 1.94 bits per heavy atom. The summed E-state index contributed by atoms with van der Waals surface area (Å²) in [5.41, 5.74) is 1.34. The molecule has 0 aromatic heterocycles. The van der Waals surface area contributed by atoms with Crippen molar-refractivity contribution in [2.45, 2.75) is 6.42 Å². The summed E-state index contributed by atoms with van der Waals surface area (Å²) in [5, 5.41) is 0. The number of carbonyl (C=O) groups is 1. The Morgan fingerprint density at radius 3 is 2.67 bits per heavy atom. The summed E-state index contributed by atoms with van der Waals surface area (Å²) in [5.74, 6) is -0.338. The van der Waals surface area contributed by atoms with Gasteiger partial charge in [-0.15, -0.1) is 0 Å². The third kappa shape index (κ3) is 3.17. The van der Waals surface area contributed by atoms with Crippen LogP contribution in [0.4, 0.5) is 4.39 Å². The first-order valence-corrected chi connectivity index (χ1v) is 7.17. The number of carbonyl (C=O) groups excluding carboxylic acids is 1. The lowest BCUT2D eigenvalue weighted by molar-refractivity contribution is 0.0992. The van der Waals surface area contributed by atoms with Crippen molar-refractivity contribution >= 4 is 44.3 Å². The SMILES string of the molecule is O=C(Cc1cc(F)ccc1Br)c1ccccc1I. The topological polar surface area (TPSA) is 17.1 Å². The molecule has 2 aromatic carbocycles. The third-order valence-electron chi connectivity index (χ3n) is 2.53. The Morgan fingerprint density at radius 1 is 1.22 bits per heavy atom. The van der Waals surface area contributed by atoms with Gasteiger partial charge in [0.2, 0.25) is 0 Å². The fraction of sp³-hybridized carbons (Fsp3) is 0.0714. The maximum Gasteiger partial charge on any atom is 0.168 e. The van der Waals surface area contributed by atoms with Crippen molar-refractivity contribution in [1.82, 2.24) is 0 Å². The van der Waals surface area contributed by atoms with E-state index in [0.717, 1.165) is 8.04 Å². The van der Waals surface area contributed by atoms with E-state index in [-0.39, 0.29) is 18.0 Å². The molecule has 0 aliphatic rings. The summed E-state index contributed by atoms with van der Waals surface area (Å²) in [7, 11) is 0. The molecule has 1 nitrogen and oxygen atoms in total. The molecule has 92 valence electrons. The Kier molecular flexibility index (Phi) is 4.50. The van der Waals surface area contributed by atoms with Crippen molar-refractivity contribution in [2.75, 3.05) is 0 Å². The van der Waals surface area contributed by atoms with E-state index in [9.17, 15) is 9.18 Å². The highest BCUT2D eigenvalue weighted by atomic mass is 127. The van der Waals surface area contributed by atoms with E-state index in [0.29, 0.717) is 11.1 Å². The molecule has 0 aliphatic heterocycles. The first-order valence-electron chi connectivity index (χ1n) is 5.29. The van der Waals surface area contributed by atoms with Gasteiger partial charge in [-0.3, -0.25) is 4.79 Å². The summed E-state index contributed by atoms with van der Waals surface area (Å²) >= 11 is 5.46. The van der Waals surface area contributed by atoms with Gasteiger partial charge in [-0.05, 0) is 52.4 Å². The van der Waals surface area contributed by atoms with E-state index in [1.165, 1.54) is 12.1 Å². The van der Waals surface area contributed by atoms with E-state index in [2.05, 4.69) is 38.5 Å². The number of rotatable bonds is 3. The van der Waals surface area contributed by atoms with Gasteiger partial charge in [-0.1, -0.05) is 34.1 Å². The van der Waals surface area contributed by atoms with Crippen LogP contribution in [-0.2, 0) is 6.42 Å². The fourth-order valence-corrected chi connectivity index (χ4v) is 2.71. The van der Waals surface area contributed by atoms with Gasteiger partial charge in [-0.25, -0.2) is 4.39 Å². The number of halogens is 3. The van der Waals surface area contributed by atoms with Crippen LogP contribution >= 0.6 is 38.5 Å². The summed E-state index contributed by atoms with van der Waals surface area (Å²) < 4.78 is 14.8. The third-order valence-corrected chi connectivity index (χ3v) is 4.25. The molecule has 0 radical (unpaired) electrons. The van der Waals surface area contributed by atoms with Gasteiger partial charge in [-0.2, -0.15) is 0 Å². The zero-order chi connectivity index (χ0) is 13.1. The van der Waals surface area contributed by atoms with Crippen molar-refractivity contribution in [1.29, 1.82) is 0 Å². The van der Waals surface area contributed by atoms with Crippen molar-refractivity contribution in [3.05, 3.63) is 67.5 Å². The molecule has 0 N–H and O–H groups in total. The maximum absolute atomic E-state index is 13.1. The number of benzene rings is 2. The molecule has 0 bridgehead atoms. The molecule has 2 rings (SSSR count). The normalized spacial score (nSPS) is 10.4. The van der Waals surface area contributed by atoms with E-state index in [4.69, 9.17) is 0 Å². The molecule has 0 fully saturated rings. The second kappa shape index (κ2) is 5.93. The highest BCUT2D eigenvalue weighted by Crippen LogP contribution is 2.21. The first kappa shape index (κ1) is 13.7. The maximum atomic E-state index is 13.1. The van der Waals surface area contributed by atoms with Crippen LogP contribution in [0.3, 0.4) is 0 Å². The van der Waals surface area contributed by atoms with Crippen LogP contribution in [0.5, 0.6) is 0 Å². The minimum atomic E-state index is -0.330. The Bertz CT molecular complexity index is 598. The van der Waals surface area contributed by atoms with Crippen LogP contribution in [0.25, 0.3) is 0 Å². The van der Waals surface area contributed by atoms with Gasteiger partial charge in [0.05, 0.1) is 0 Å². The quantitative estimate of drug-likeness (QED) is 0.525. The minimum Gasteiger partial charge on any atom is -0.294 e. The Labute approximate surface area is 127 Å². The molecule has 0 saturated carbocycles. The predicted octanol–water partition coefficient (Wildman–Crippen LogP) is 4.62. The molecule has 0 unspecified atom stereocenters. The smallest absolute Gasteiger partial charge is 0.168 e. The van der Waals surface area contributed by atoms with Gasteiger partial charge in [0, 0.05) is 20.0 Å². The van der Waals surface area contributed by atoms with Gasteiger partial charge in [0.15, 0.2) is 5.78 Å². The second-order valence-electron chi connectivity index (χ2n) is 3.82. The first-order chi connectivity index (χ1) is 8.58. The number of hydrogen-bond donors (Lipinski definition) is 0. The average Bonchev–Trinajstić information content (AvgIpc) is 2.34. The summed E-state index contributed by atoms with van der Waals surface area (Å²) in [6.07, 6.45) is 0.193. The molecule has 4 heteroatoms. The van der Waals surface area contributed by atoms with Crippen LogP contribution in [-0.4, -0.2) is 5.78 Å². The molecule has 0 spiro atoms. The van der Waals surface area contributed by atoms with Gasteiger partial charge >= 0.3 is 0 Å². The van der Waals surface area contributed by atoms with Crippen LogP contribution in [0.1, 0.15) is 15.9 Å². The van der Waals surface area contributed by atoms with Crippen LogP contribution in [0, 0.1) is 9.39 Å². The zero-order valence-corrected chi connectivity index (χ0v) is 13.0. The second-order valence-corrected chi connectivity index (χ2v) is 5.83. The van der Waals surface area contributed by atoms with Crippen molar-refractivity contribution in [2.24, 2.45) is 0 Å². The van der Waals surface area contributed by atoms with Crippen LogP contribution in [0.15, 0.2) is 46.9 Å². The molecule has 0 aliphatic carbocycles. The van der Waals surface area contributed by atoms with E-state index >= 15 is 0 Å². The molecular formula is C14H9BrFIO. The molecule has 18 heavy (non-hydrogen) atoms. The molecular weight excluding hydrogens is 410 g/mol. The number of ketones is 1. The number of Topliss-reactive ketones (excluding diaryl/α,β-unsaturated/α-hetero) is 1. The standard InChI is InChI=1S/C14H9BrFIO/c15-12-6-5-10(16)7-9(12)8-14(18)11-3-1-2-4-13(11)17/h1-7H,8H2. The van der Waals surface area contributed by atoms with Crippen molar-refractivity contribution in [3.63, 3.8) is 0 Å². The van der Waals surface area contributed by atoms with Crippen molar-refractivity contribution in [3.8, 4) is 0 Å². The lowest BCUT2D eigenvalue weighted by atomic mass is 10.0. The predicted molar refractivity (Wildman–Crippen MR) is 81.3 cm³/mol. The Balaban J connectivity index is 2.27. The van der Waals surface area contributed by atoms with Gasteiger partial charge < -0.3 is 0 Å². The van der Waals surface area contributed by atoms with Gasteiger partial charge in [0.25, 0.3) is 0 Å². The minimum absolute atomic E-state index is 0.00806. The molecule has 2 aromatic rings. The lowest BCUT2D eigenvalue weighted by Crippen LogP contribution is -2.06. The Hall–Kier alpha value is -0.750. The average molecular weight is 419 g/mol. The molecule has 0 atom stereocenters. The zero-order valence-electron chi connectivity index (χ0n) is 9.29. The summed E-state index contributed by atoms with van der Waals surface area (Å²) in [6, 6.07) is 11.8. The van der Waals surface area contributed by atoms with Crippen molar-refractivity contribution < 1.29 is 9.18 Å². The highest BCUT2D eigenvalue weighted by Gasteiger charge is 2.12. The highest BCUT2D eigenvalue weighted by molar-refractivity contribution is 14.1.